The molecule has 0 aliphatic carbocycles. The van der Waals surface area contributed by atoms with E-state index in [9.17, 15) is 9.18 Å². The first-order chi connectivity index (χ1) is 9.13. The number of hydrogen-bond acceptors (Lipinski definition) is 3. The third-order valence-corrected chi connectivity index (χ3v) is 2.98. The summed E-state index contributed by atoms with van der Waals surface area (Å²) in [6.07, 6.45) is 0. The zero-order valence-corrected chi connectivity index (χ0v) is 11.8. The summed E-state index contributed by atoms with van der Waals surface area (Å²) in [5.41, 5.74) is 1.38. The molecule has 0 heterocycles. The molecule has 0 aromatic heterocycles. The van der Waals surface area contributed by atoms with Gasteiger partial charge >= 0.3 is 0 Å². The highest BCUT2D eigenvalue weighted by Crippen LogP contribution is 2.23. The van der Waals surface area contributed by atoms with Gasteiger partial charge in [0.2, 0.25) is 5.91 Å². The molecule has 0 unspecified atom stereocenters. The van der Waals surface area contributed by atoms with Crippen LogP contribution in [0.1, 0.15) is 19.4 Å². The van der Waals surface area contributed by atoms with Gasteiger partial charge in [0.1, 0.15) is 5.82 Å². The number of amides is 1. The van der Waals surface area contributed by atoms with Crippen LogP contribution in [0.25, 0.3) is 0 Å². The average molecular weight is 267 g/mol. The van der Waals surface area contributed by atoms with Crippen LogP contribution in [0.4, 0.5) is 10.1 Å². The Bertz CT molecular complexity index is 423. The van der Waals surface area contributed by atoms with Crippen LogP contribution >= 0.6 is 0 Å². The minimum Gasteiger partial charge on any atom is -0.362 e. The van der Waals surface area contributed by atoms with Crippen molar-refractivity contribution in [2.24, 2.45) is 0 Å². The lowest BCUT2D eigenvalue weighted by atomic mass is 10.1. The Morgan fingerprint density at radius 3 is 2.68 bits per heavy atom. The van der Waals surface area contributed by atoms with Crippen molar-refractivity contribution in [2.45, 2.75) is 20.4 Å². The van der Waals surface area contributed by atoms with Gasteiger partial charge in [0.25, 0.3) is 0 Å². The Hall–Kier alpha value is -1.62. The Labute approximate surface area is 114 Å². The normalized spacial score (nSPS) is 10.3. The minimum atomic E-state index is -0.242. The Balaban J connectivity index is 3.01. The van der Waals surface area contributed by atoms with Crippen molar-refractivity contribution in [3.8, 4) is 0 Å². The van der Waals surface area contributed by atoms with E-state index in [1.165, 1.54) is 6.07 Å². The number of anilines is 1. The molecule has 5 heteroatoms. The first-order valence-electron chi connectivity index (χ1n) is 6.57. The second kappa shape index (κ2) is 7.74. The maximum Gasteiger partial charge on any atom is 0.239 e. The third-order valence-electron chi connectivity index (χ3n) is 2.98. The highest BCUT2D eigenvalue weighted by molar-refractivity contribution is 5.81. The fourth-order valence-corrected chi connectivity index (χ4v) is 1.89. The maximum atomic E-state index is 13.9. The van der Waals surface area contributed by atoms with E-state index in [-0.39, 0.29) is 18.3 Å². The van der Waals surface area contributed by atoms with Crippen molar-refractivity contribution < 1.29 is 9.18 Å². The summed E-state index contributed by atoms with van der Waals surface area (Å²) < 4.78 is 13.9. The van der Waals surface area contributed by atoms with E-state index in [2.05, 4.69) is 10.6 Å². The molecule has 4 nitrogen and oxygen atoms in total. The van der Waals surface area contributed by atoms with Gasteiger partial charge in [0.15, 0.2) is 0 Å². The topological polar surface area (TPSA) is 44.4 Å². The molecule has 0 fully saturated rings. The van der Waals surface area contributed by atoms with Crippen molar-refractivity contribution in [1.82, 2.24) is 10.6 Å². The molecule has 1 aromatic carbocycles. The van der Waals surface area contributed by atoms with Gasteiger partial charge in [0, 0.05) is 31.4 Å². The molecule has 0 saturated carbocycles. The van der Waals surface area contributed by atoms with Crippen LogP contribution in [0, 0.1) is 5.82 Å². The number of rotatable bonds is 7. The smallest absolute Gasteiger partial charge is 0.239 e. The van der Waals surface area contributed by atoms with Crippen LogP contribution in [-0.2, 0) is 11.3 Å². The lowest BCUT2D eigenvalue weighted by molar-refractivity contribution is -0.119. The van der Waals surface area contributed by atoms with E-state index in [1.54, 1.807) is 13.1 Å². The van der Waals surface area contributed by atoms with Crippen molar-refractivity contribution in [2.75, 3.05) is 31.6 Å². The molecular weight excluding hydrogens is 245 g/mol. The maximum absolute atomic E-state index is 13.9. The highest BCUT2D eigenvalue weighted by Gasteiger charge is 2.15. The molecule has 0 spiro atoms. The molecule has 0 bridgehead atoms. The summed E-state index contributed by atoms with van der Waals surface area (Å²) >= 11 is 0. The molecule has 0 atom stereocenters. The van der Waals surface area contributed by atoms with Crippen LogP contribution in [-0.4, -0.2) is 32.6 Å². The van der Waals surface area contributed by atoms with Crippen LogP contribution in [0.2, 0.25) is 0 Å². The van der Waals surface area contributed by atoms with E-state index in [1.807, 2.05) is 24.8 Å². The molecular formula is C14H22FN3O. The van der Waals surface area contributed by atoms with E-state index in [0.29, 0.717) is 18.7 Å². The van der Waals surface area contributed by atoms with E-state index in [4.69, 9.17) is 0 Å². The molecule has 0 aliphatic rings. The fraction of sp³-hybridized carbons (Fsp3) is 0.500. The largest absolute Gasteiger partial charge is 0.362 e. The van der Waals surface area contributed by atoms with Crippen LogP contribution < -0.4 is 15.5 Å². The zero-order chi connectivity index (χ0) is 14.3. The van der Waals surface area contributed by atoms with Gasteiger partial charge in [-0.15, -0.1) is 0 Å². The molecule has 0 saturated heterocycles. The summed E-state index contributed by atoms with van der Waals surface area (Å²) in [5, 5.41) is 5.71. The fourth-order valence-electron chi connectivity index (χ4n) is 1.89. The second-order valence-corrected chi connectivity index (χ2v) is 4.21. The molecule has 2 N–H and O–H groups in total. The van der Waals surface area contributed by atoms with Crippen LogP contribution in [0.3, 0.4) is 0 Å². The molecule has 106 valence electrons. The quantitative estimate of drug-likeness (QED) is 0.787. The molecule has 1 amide bonds. The minimum absolute atomic E-state index is 0.0829. The number of nitrogens with one attached hydrogen (secondary N) is 2. The molecule has 1 aromatic rings. The van der Waals surface area contributed by atoms with Gasteiger partial charge in [-0.05, 0) is 25.6 Å². The zero-order valence-electron chi connectivity index (χ0n) is 11.8. The summed E-state index contributed by atoms with van der Waals surface area (Å²) in [6.45, 7) is 6.04. The number of hydrogen-bond donors (Lipinski definition) is 2. The first-order valence-corrected chi connectivity index (χ1v) is 6.57. The number of carbonyl (C=O) groups excluding carboxylic acids is 1. The predicted octanol–water partition coefficient (Wildman–Crippen LogP) is 1.51. The Kier molecular flexibility index (Phi) is 6.29. The summed E-state index contributed by atoms with van der Waals surface area (Å²) in [7, 11) is 1.60. The molecule has 0 aliphatic heterocycles. The monoisotopic (exact) mass is 267 g/mol. The van der Waals surface area contributed by atoms with Gasteiger partial charge in [-0.1, -0.05) is 13.0 Å². The van der Waals surface area contributed by atoms with Crippen molar-refractivity contribution in [3.05, 3.63) is 29.6 Å². The lowest BCUT2D eigenvalue weighted by Gasteiger charge is -2.25. The van der Waals surface area contributed by atoms with E-state index < -0.39 is 0 Å². The molecule has 0 radical (unpaired) electrons. The lowest BCUT2D eigenvalue weighted by Crippen LogP contribution is -2.36. The van der Waals surface area contributed by atoms with Crippen molar-refractivity contribution >= 4 is 11.6 Å². The van der Waals surface area contributed by atoms with Gasteiger partial charge < -0.3 is 15.5 Å². The van der Waals surface area contributed by atoms with Gasteiger partial charge in [-0.25, -0.2) is 4.39 Å². The SMILES string of the molecule is CCNCc1c(F)cccc1N(CC)CC(=O)NC. The predicted molar refractivity (Wildman–Crippen MR) is 75.7 cm³/mol. The molecule has 19 heavy (non-hydrogen) atoms. The Morgan fingerprint density at radius 2 is 2.11 bits per heavy atom. The van der Waals surface area contributed by atoms with Gasteiger partial charge in [0.05, 0.1) is 6.54 Å². The molecule has 1 rings (SSSR count). The van der Waals surface area contributed by atoms with Crippen LogP contribution in [0.5, 0.6) is 0 Å². The Morgan fingerprint density at radius 1 is 1.37 bits per heavy atom. The third kappa shape index (κ3) is 4.21. The number of carbonyl (C=O) groups is 1. The average Bonchev–Trinajstić information content (AvgIpc) is 2.43. The summed E-state index contributed by atoms with van der Waals surface area (Å²) in [4.78, 5) is 13.4. The number of nitrogens with zero attached hydrogens (tertiary/aromatic N) is 1. The van der Waals surface area contributed by atoms with Crippen LogP contribution in [0.15, 0.2) is 18.2 Å². The number of benzene rings is 1. The first kappa shape index (κ1) is 15.4. The van der Waals surface area contributed by atoms with E-state index >= 15 is 0 Å². The second-order valence-electron chi connectivity index (χ2n) is 4.21. The highest BCUT2D eigenvalue weighted by atomic mass is 19.1. The number of likely N-dealkylation sites (N-methyl/N-ethyl adjacent to an activating group) is 2. The van der Waals surface area contributed by atoms with Gasteiger partial charge in [-0.3, -0.25) is 4.79 Å². The van der Waals surface area contributed by atoms with E-state index in [0.717, 1.165) is 12.2 Å². The van der Waals surface area contributed by atoms with Crippen molar-refractivity contribution in [1.29, 1.82) is 0 Å². The van der Waals surface area contributed by atoms with Gasteiger partial charge in [-0.2, -0.15) is 0 Å². The number of halogens is 1. The standard InChI is InChI=1S/C14H22FN3O/c1-4-17-9-11-12(15)7-6-8-13(11)18(5-2)10-14(19)16-3/h6-8,17H,4-5,9-10H2,1-3H3,(H,16,19). The summed E-state index contributed by atoms with van der Waals surface area (Å²) in [5.74, 6) is -0.325. The van der Waals surface area contributed by atoms with Crippen molar-refractivity contribution in [3.63, 3.8) is 0 Å². The summed E-state index contributed by atoms with van der Waals surface area (Å²) in [6, 6.07) is 4.97.